The van der Waals surface area contributed by atoms with Gasteiger partial charge in [0.05, 0.1) is 24.1 Å². The first-order valence-electron chi connectivity index (χ1n) is 10.7. The average Bonchev–Trinajstić information content (AvgIpc) is 3.42. The standard InChI is InChI=1S/C20H29N5O5S/c1-9-14-13(10(2)26)18(28)25(14)15(19(29)30)16(9)31-11-7-12(22-8-11)17(27)23-20(21)24-5-3-4-6-24/h9-14,22,26H,3-8H2,1-2H3,(H,29,30)(H2,21,23,27)/t9-,10-,11+,12+,13-,14-/m1/s1. The van der Waals surface area contributed by atoms with E-state index in [0.717, 1.165) is 25.9 Å². The molecule has 2 amide bonds. The van der Waals surface area contributed by atoms with E-state index in [9.17, 15) is 24.6 Å². The number of carboxylic acids is 1. The highest BCUT2D eigenvalue weighted by molar-refractivity contribution is 8.03. The van der Waals surface area contributed by atoms with Gasteiger partial charge in [0.25, 0.3) is 5.91 Å². The number of carbonyl (C=O) groups excluding carboxylic acids is 2. The molecule has 3 fully saturated rings. The van der Waals surface area contributed by atoms with Gasteiger partial charge in [-0.25, -0.2) is 4.79 Å². The van der Waals surface area contributed by atoms with Gasteiger partial charge in [0.2, 0.25) is 5.91 Å². The molecule has 4 aliphatic heterocycles. The van der Waals surface area contributed by atoms with Crippen LogP contribution in [0.4, 0.5) is 0 Å². The Kier molecular flexibility index (Phi) is 6.01. The molecular weight excluding hydrogens is 422 g/mol. The van der Waals surface area contributed by atoms with E-state index in [1.54, 1.807) is 6.92 Å². The summed E-state index contributed by atoms with van der Waals surface area (Å²) in [5, 5.41) is 22.8. The highest BCUT2D eigenvalue weighted by atomic mass is 32.2. The van der Waals surface area contributed by atoms with Crippen LogP contribution in [0.15, 0.2) is 15.6 Å². The Hall–Kier alpha value is -2.11. The number of aliphatic carboxylic acids is 1. The molecule has 0 bridgehead atoms. The molecule has 4 rings (SSSR count). The maximum atomic E-state index is 12.6. The number of hydrogen-bond donors (Lipinski definition) is 4. The van der Waals surface area contributed by atoms with E-state index in [1.165, 1.54) is 16.7 Å². The van der Waals surface area contributed by atoms with Crippen LogP contribution in [0.3, 0.4) is 0 Å². The number of amides is 2. The number of guanidine groups is 1. The van der Waals surface area contributed by atoms with Crippen molar-refractivity contribution in [2.45, 2.75) is 56.5 Å². The van der Waals surface area contributed by atoms with Gasteiger partial charge in [0, 0.05) is 35.7 Å². The number of rotatable bonds is 5. The molecule has 0 spiro atoms. The number of carbonyl (C=O) groups is 3. The van der Waals surface area contributed by atoms with Crippen molar-refractivity contribution < 1.29 is 24.6 Å². The van der Waals surface area contributed by atoms with Crippen molar-refractivity contribution in [3.8, 4) is 0 Å². The Morgan fingerprint density at radius 1 is 1.32 bits per heavy atom. The molecule has 3 saturated heterocycles. The number of fused-ring (bicyclic) bond motifs is 1. The maximum absolute atomic E-state index is 12.6. The number of aliphatic imine (C=N–C) groups is 1. The largest absolute Gasteiger partial charge is 0.477 e. The van der Waals surface area contributed by atoms with Gasteiger partial charge in [0.1, 0.15) is 5.70 Å². The fraction of sp³-hybridized carbons (Fsp3) is 0.700. The van der Waals surface area contributed by atoms with Gasteiger partial charge in [-0.1, -0.05) is 6.92 Å². The molecule has 170 valence electrons. The lowest BCUT2D eigenvalue weighted by molar-refractivity contribution is -0.163. The van der Waals surface area contributed by atoms with Gasteiger partial charge in [-0.3, -0.25) is 9.59 Å². The summed E-state index contributed by atoms with van der Waals surface area (Å²) in [6.07, 6.45) is 1.76. The van der Waals surface area contributed by atoms with E-state index in [0.29, 0.717) is 17.9 Å². The van der Waals surface area contributed by atoms with E-state index >= 15 is 0 Å². The maximum Gasteiger partial charge on any atom is 0.353 e. The second-order valence-electron chi connectivity index (χ2n) is 8.71. The predicted octanol–water partition coefficient (Wildman–Crippen LogP) is -0.459. The zero-order chi connectivity index (χ0) is 22.4. The molecule has 6 atom stereocenters. The Bertz CT molecular complexity index is 853. The van der Waals surface area contributed by atoms with Crippen LogP contribution in [-0.4, -0.2) is 86.8 Å². The zero-order valence-corrected chi connectivity index (χ0v) is 18.5. The smallest absolute Gasteiger partial charge is 0.353 e. The molecule has 0 aliphatic carbocycles. The minimum atomic E-state index is -1.14. The molecule has 11 heteroatoms. The van der Waals surface area contributed by atoms with Crippen LogP contribution in [0.2, 0.25) is 0 Å². The first kappa shape index (κ1) is 22.1. The molecule has 0 radical (unpaired) electrons. The number of likely N-dealkylation sites (tertiary alicyclic amines) is 1. The van der Waals surface area contributed by atoms with Gasteiger partial charge in [-0.05, 0) is 26.2 Å². The highest BCUT2D eigenvalue weighted by Gasteiger charge is 2.60. The third kappa shape index (κ3) is 3.83. The quantitative estimate of drug-likeness (QED) is 0.247. The molecule has 31 heavy (non-hydrogen) atoms. The number of aliphatic hydroxyl groups is 1. The summed E-state index contributed by atoms with van der Waals surface area (Å²) in [4.78, 5) is 44.9. The number of carboxylic acid groups (broad SMARTS) is 1. The number of nitrogens with two attached hydrogens (primary N) is 1. The summed E-state index contributed by atoms with van der Waals surface area (Å²) in [5.41, 5.74) is 5.97. The van der Waals surface area contributed by atoms with Crippen LogP contribution in [0.1, 0.15) is 33.1 Å². The lowest BCUT2D eigenvalue weighted by Gasteiger charge is -2.46. The second-order valence-corrected chi connectivity index (χ2v) is 10.1. The predicted molar refractivity (Wildman–Crippen MR) is 115 cm³/mol. The molecule has 0 unspecified atom stereocenters. The number of nitrogens with zero attached hydrogens (tertiary/aromatic N) is 3. The van der Waals surface area contributed by atoms with Gasteiger partial charge >= 0.3 is 5.97 Å². The van der Waals surface area contributed by atoms with Crippen molar-refractivity contribution in [3.05, 3.63) is 10.6 Å². The van der Waals surface area contributed by atoms with E-state index in [-0.39, 0.29) is 40.7 Å². The summed E-state index contributed by atoms with van der Waals surface area (Å²) in [6.45, 7) is 5.61. The first-order valence-corrected chi connectivity index (χ1v) is 11.6. The van der Waals surface area contributed by atoms with Crippen LogP contribution in [0, 0.1) is 11.8 Å². The minimum Gasteiger partial charge on any atom is -0.477 e. The van der Waals surface area contributed by atoms with Crippen LogP contribution >= 0.6 is 11.8 Å². The lowest BCUT2D eigenvalue weighted by atomic mass is 9.79. The Morgan fingerprint density at radius 2 is 2.00 bits per heavy atom. The summed E-state index contributed by atoms with van der Waals surface area (Å²) < 4.78 is 0. The van der Waals surface area contributed by atoms with Crippen LogP contribution < -0.4 is 11.1 Å². The molecule has 5 N–H and O–H groups in total. The van der Waals surface area contributed by atoms with E-state index in [4.69, 9.17) is 5.73 Å². The van der Waals surface area contributed by atoms with Crippen molar-refractivity contribution in [1.29, 1.82) is 0 Å². The average molecular weight is 452 g/mol. The van der Waals surface area contributed by atoms with E-state index < -0.39 is 24.0 Å². The van der Waals surface area contributed by atoms with Crippen molar-refractivity contribution in [2.75, 3.05) is 19.6 Å². The van der Waals surface area contributed by atoms with Gasteiger partial charge in [-0.15, -0.1) is 11.8 Å². The van der Waals surface area contributed by atoms with Crippen molar-refractivity contribution in [1.82, 2.24) is 15.1 Å². The van der Waals surface area contributed by atoms with Crippen LogP contribution in [-0.2, 0) is 14.4 Å². The molecule has 4 heterocycles. The van der Waals surface area contributed by atoms with Crippen molar-refractivity contribution >= 4 is 35.5 Å². The van der Waals surface area contributed by atoms with Gasteiger partial charge < -0.3 is 31.1 Å². The van der Waals surface area contributed by atoms with Crippen molar-refractivity contribution in [3.63, 3.8) is 0 Å². The molecule has 0 aromatic carbocycles. The minimum absolute atomic E-state index is 0.00970. The Balaban J connectivity index is 1.43. The zero-order valence-electron chi connectivity index (χ0n) is 17.7. The molecular formula is C20H29N5O5S. The molecule has 0 saturated carbocycles. The first-order chi connectivity index (χ1) is 14.7. The SMILES string of the molecule is C[C@@H](O)[C@H]1C(=O)N2C(C(=O)O)=C(S[C@@H]3CN[C@H](C(=O)N=C(N)N4CCCC4)C3)[C@H](C)[C@H]12. The lowest BCUT2D eigenvalue weighted by Crippen LogP contribution is -2.63. The molecule has 0 aromatic heterocycles. The van der Waals surface area contributed by atoms with E-state index in [1.807, 2.05) is 11.8 Å². The second kappa shape index (κ2) is 8.44. The van der Waals surface area contributed by atoms with Gasteiger partial charge in [0.15, 0.2) is 5.96 Å². The molecule has 4 aliphatic rings. The normalized spacial score (nSPS) is 34.2. The monoisotopic (exact) mass is 451 g/mol. The Labute approximate surface area is 184 Å². The topological polar surface area (TPSA) is 149 Å². The number of aliphatic hydroxyl groups excluding tert-OH is 1. The summed E-state index contributed by atoms with van der Waals surface area (Å²) >= 11 is 1.41. The Morgan fingerprint density at radius 3 is 2.61 bits per heavy atom. The third-order valence-corrected chi connectivity index (χ3v) is 8.16. The number of nitrogens with one attached hydrogen (secondary N) is 1. The number of hydrogen-bond acceptors (Lipinski definition) is 6. The fourth-order valence-corrected chi connectivity index (χ4v) is 6.53. The molecule has 0 aromatic rings. The third-order valence-electron chi connectivity index (χ3n) is 6.65. The van der Waals surface area contributed by atoms with Crippen molar-refractivity contribution in [2.24, 2.45) is 22.6 Å². The highest BCUT2D eigenvalue weighted by Crippen LogP contribution is 2.51. The fourth-order valence-electron chi connectivity index (χ4n) is 5.05. The van der Waals surface area contributed by atoms with Crippen LogP contribution in [0.5, 0.6) is 0 Å². The van der Waals surface area contributed by atoms with Gasteiger partial charge in [-0.2, -0.15) is 4.99 Å². The summed E-state index contributed by atoms with van der Waals surface area (Å²) in [7, 11) is 0. The van der Waals surface area contributed by atoms with E-state index in [2.05, 4.69) is 10.3 Å². The van der Waals surface area contributed by atoms with Crippen LogP contribution in [0.25, 0.3) is 0 Å². The summed E-state index contributed by atoms with van der Waals surface area (Å²) in [5.74, 6) is -2.31. The summed E-state index contributed by atoms with van der Waals surface area (Å²) in [6, 6.07) is -0.800. The molecule has 10 nitrogen and oxygen atoms in total. The number of thioether (sulfide) groups is 1. The number of β-lactam (4-membered cyclic amide) rings is 1.